The summed E-state index contributed by atoms with van der Waals surface area (Å²) in [5.41, 5.74) is 1.56. The first-order valence-corrected chi connectivity index (χ1v) is 11.3. The lowest BCUT2D eigenvalue weighted by molar-refractivity contribution is -0.0767. The third-order valence-corrected chi connectivity index (χ3v) is 9.05. The van der Waals surface area contributed by atoms with Crippen LogP contribution < -0.4 is 0 Å². The van der Waals surface area contributed by atoms with Crippen LogP contribution in [0.25, 0.3) is 0 Å². The average molecular weight is 377 g/mol. The molecule has 0 spiro atoms. The number of fused-ring (bicyclic) bond motifs is 5. The highest BCUT2D eigenvalue weighted by Crippen LogP contribution is 2.66. The Morgan fingerprint density at radius 3 is 2.63 bits per heavy atom. The van der Waals surface area contributed by atoms with Gasteiger partial charge in [-0.25, -0.2) is 0 Å². The van der Waals surface area contributed by atoms with Crippen molar-refractivity contribution in [3.8, 4) is 0 Å². The highest BCUT2D eigenvalue weighted by molar-refractivity contribution is 5.25. The summed E-state index contributed by atoms with van der Waals surface area (Å²) in [6.45, 7) is 9.92. The Hall–Kier alpha value is -0.380. The van der Waals surface area contributed by atoms with E-state index in [0.29, 0.717) is 23.4 Å². The summed E-state index contributed by atoms with van der Waals surface area (Å²) >= 11 is 0. The smallest absolute Gasteiger partial charge is 0.0824 e. The van der Waals surface area contributed by atoms with Gasteiger partial charge in [-0.3, -0.25) is 0 Å². The molecule has 3 heteroatoms. The molecular formula is C24H40O3. The summed E-state index contributed by atoms with van der Waals surface area (Å²) in [6, 6.07) is 0. The number of ether oxygens (including phenoxy) is 1. The molecule has 0 aromatic heterocycles. The lowest BCUT2D eigenvalue weighted by Crippen LogP contribution is -2.50. The van der Waals surface area contributed by atoms with E-state index in [1.165, 1.54) is 38.5 Å². The first-order chi connectivity index (χ1) is 12.6. The Balaban J connectivity index is 1.49. The summed E-state index contributed by atoms with van der Waals surface area (Å²) in [7, 11) is 0. The van der Waals surface area contributed by atoms with Gasteiger partial charge in [-0.05, 0) is 99.7 Å². The van der Waals surface area contributed by atoms with Crippen LogP contribution in [0.15, 0.2) is 11.6 Å². The van der Waals surface area contributed by atoms with Crippen molar-refractivity contribution in [3.63, 3.8) is 0 Å². The van der Waals surface area contributed by atoms with Crippen molar-refractivity contribution >= 4 is 0 Å². The highest BCUT2D eigenvalue weighted by atomic mass is 16.5. The highest BCUT2D eigenvalue weighted by Gasteiger charge is 2.58. The van der Waals surface area contributed by atoms with Crippen molar-refractivity contribution in [2.24, 2.45) is 34.5 Å². The number of aliphatic hydroxyl groups excluding tert-OH is 1. The van der Waals surface area contributed by atoms with Crippen LogP contribution in [-0.4, -0.2) is 35.1 Å². The van der Waals surface area contributed by atoms with E-state index >= 15 is 0 Å². The van der Waals surface area contributed by atoms with Crippen LogP contribution >= 0.6 is 0 Å². The topological polar surface area (TPSA) is 49.7 Å². The monoisotopic (exact) mass is 376 g/mol. The Morgan fingerprint density at radius 2 is 1.89 bits per heavy atom. The molecule has 0 aromatic carbocycles. The van der Waals surface area contributed by atoms with Gasteiger partial charge in [-0.2, -0.15) is 0 Å². The molecule has 3 fully saturated rings. The fourth-order valence-corrected chi connectivity index (χ4v) is 7.48. The van der Waals surface area contributed by atoms with Gasteiger partial charge in [-0.1, -0.05) is 25.5 Å². The van der Waals surface area contributed by atoms with Crippen LogP contribution in [0.3, 0.4) is 0 Å². The average Bonchev–Trinajstić information content (AvgIpc) is 2.91. The standard InChI is InChI=1S/C24H40O3/c1-22(2,26)15-27-14-17-6-8-20-19-7-5-16-13-18(25)9-11-23(16,3)21(19)10-12-24(17,20)4/h5,17-21,25-26H,6-15H2,1-4H3/t17-,18+,19+,20+,21+,23+,24-/m1/s1. The van der Waals surface area contributed by atoms with Gasteiger partial charge in [0.25, 0.3) is 0 Å². The van der Waals surface area contributed by atoms with Crippen LogP contribution in [0.1, 0.15) is 79.1 Å². The number of rotatable bonds is 4. The van der Waals surface area contributed by atoms with Gasteiger partial charge in [0.1, 0.15) is 0 Å². The normalized spacial score (nSPS) is 47.0. The minimum absolute atomic E-state index is 0.112. The molecule has 4 rings (SSSR count). The number of allylic oxidation sites excluding steroid dienone is 1. The molecule has 0 bridgehead atoms. The van der Waals surface area contributed by atoms with Gasteiger partial charge >= 0.3 is 0 Å². The maximum atomic E-state index is 10.2. The Labute approximate surface area is 165 Å². The second-order valence-electron chi connectivity index (χ2n) is 11.3. The zero-order valence-corrected chi connectivity index (χ0v) is 17.8. The van der Waals surface area contributed by atoms with Gasteiger partial charge in [0.05, 0.1) is 24.9 Å². The van der Waals surface area contributed by atoms with E-state index in [1.54, 1.807) is 5.57 Å². The summed E-state index contributed by atoms with van der Waals surface area (Å²) in [6.07, 6.45) is 12.0. The maximum absolute atomic E-state index is 10.2. The summed E-state index contributed by atoms with van der Waals surface area (Å²) in [5.74, 6) is 3.07. The number of aliphatic hydroxyl groups is 2. The van der Waals surface area contributed by atoms with Gasteiger partial charge in [0.2, 0.25) is 0 Å². The largest absolute Gasteiger partial charge is 0.393 e. The van der Waals surface area contributed by atoms with Crippen LogP contribution in [0.4, 0.5) is 0 Å². The lowest BCUT2D eigenvalue weighted by atomic mass is 9.47. The second kappa shape index (κ2) is 6.85. The second-order valence-corrected chi connectivity index (χ2v) is 11.3. The Morgan fingerprint density at radius 1 is 1.11 bits per heavy atom. The third kappa shape index (κ3) is 3.42. The fraction of sp³-hybridized carbons (Fsp3) is 0.917. The Bertz CT molecular complexity index is 591. The van der Waals surface area contributed by atoms with Crippen LogP contribution in [-0.2, 0) is 4.74 Å². The molecular weight excluding hydrogens is 336 g/mol. The summed E-state index contributed by atoms with van der Waals surface area (Å²) in [5, 5.41) is 20.1. The van der Waals surface area contributed by atoms with Gasteiger partial charge in [0, 0.05) is 0 Å². The van der Waals surface area contributed by atoms with Crippen LogP contribution in [0, 0.1) is 34.5 Å². The third-order valence-electron chi connectivity index (χ3n) is 9.05. The van der Waals surface area contributed by atoms with E-state index in [9.17, 15) is 10.2 Å². The van der Waals surface area contributed by atoms with E-state index < -0.39 is 5.60 Å². The predicted octanol–water partition coefficient (Wildman–Crippen LogP) is 4.71. The first-order valence-electron chi connectivity index (χ1n) is 11.3. The molecule has 4 aliphatic carbocycles. The summed E-state index contributed by atoms with van der Waals surface area (Å²) < 4.78 is 5.96. The van der Waals surface area contributed by atoms with Crippen molar-refractivity contribution < 1.29 is 14.9 Å². The van der Waals surface area contributed by atoms with Crippen molar-refractivity contribution in [2.45, 2.75) is 90.8 Å². The van der Waals surface area contributed by atoms with Crippen molar-refractivity contribution in [2.75, 3.05) is 13.2 Å². The molecule has 0 radical (unpaired) electrons. The van der Waals surface area contributed by atoms with Gasteiger partial charge < -0.3 is 14.9 Å². The van der Waals surface area contributed by atoms with Gasteiger partial charge in [-0.15, -0.1) is 0 Å². The molecule has 0 aliphatic heterocycles. The molecule has 3 nitrogen and oxygen atoms in total. The Kier molecular flexibility index (Phi) is 5.05. The molecule has 7 atom stereocenters. The molecule has 27 heavy (non-hydrogen) atoms. The van der Waals surface area contributed by atoms with Gasteiger partial charge in [0.15, 0.2) is 0 Å². The zero-order chi connectivity index (χ0) is 19.4. The van der Waals surface area contributed by atoms with E-state index in [4.69, 9.17) is 4.74 Å². The van der Waals surface area contributed by atoms with E-state index in [1.807, 2.05) is 13.8 Å². The molecule has 0 heterocycles. The molecule has 0 amide bonds. The molecule has 154 valence electrons. The lowest BCUT2D eigenvalue weighted by Gasteiger charge is -2.58. The van der Waals surface area contributed by atoms with Crippen molar-refractivity contribution in [1.82, 2.24) is 0 Å². The fourth-order valence-electron chi connectivity index (χ4n) is 7.48. The first kappa shape index (κ1) is 19.9. The van der Waals surface area contributed by atoms with Crippen molar-refractivity contribution in [3.05, 3.63) is 11.6 Å². The number of hydrogen-bond acceptors (Lipinski definition) is 3. The van der Waals surface area contributed by atoms with Crippen LogP contribution in [0.2, 0.25) is 0 Å². The minimum Gasteiger partial charge on any atom is -0.393 e. The summed E-state index contributed by atoms with van der Waals surface area (Å²) in [4.78, 5) is 0. The molecule has 4 aliphatic rings. The SMILES string of the molecule is CC(C)(O)COC[C@H]1CC[C@H]2[C@@H]3CC=C4C[C@@H](O)CC[C@]4(C)[C@H]3CC[C@]12C. The van der Waals surface area contributed by atoms with Crippen LogP contribution in [0.5, 0.6) is 0 Å². The van der Waals surface area contributed by atoms with Crippen molar-refractivity contribution in [1.29, 1.82) is 0 Å². The minimum atomic E-state index is -0.735. The van der Waals surface area contributed by atoms with E-state index in [0.717, 1.165) is 37.2 Å². The quantitative estimate of drug-likeness (QED) is 0.698. The molecule has 0 unspecified atom stereocenters. The van der Waals surface area contributed by atoms with E-state index in [-0.39, 0.29) is 6.10 Å². The molecule has 0 saturated heterocycles. The molecule has 0 aromatic rings. The molecule has 3 saturated carbocycles. The zero-order valence-electron chi connectivity index (χ0n) is 17.8. The number of hydrogen-bond donors (Lipinski definition) is 2. The van der Waals surface area contributed by atoms with E-state index in [2.05, 4.69) is 19.9 Å². The maximum Gasteiger partial charge on any atom is 0.0824 e. The molecule has 2 N–H and O–H groups in total. The predicted molar refractivity (Wildman–Crippen MR) is 108 cm³/mol.